The molecule has 0 aliphatic heterocycles. The molecule has 1 unspecified atom stereocenters. The molecule has 0 spiro atoms. The van der Waals surface area contributed by atoms with E-state index in [-0.39, 0.29) is 5.78 Å². The summed E-state index contributed by atoms with van der Waals surface area (Å²) in [5.74, 6) is 0.418. The zero-order valence-corrected chi connectivity index (χ0v) is 7.42. The van der Waals surface area contributed by atoms with Crippen molar-refractivity contribution in [3.05, 3.63) is 17.0 Å². The van der Waals surface area contributed by atoms with Crippen LogP contribution in [-0.4, -0.2) is 17.0 Å². The molecule has 0 aliphatic carbocycles. The lowest BCUT2D eigenvalue weighted by molar-refractivity contribution is 0.0966. The molecule has 0 aromatic carbocycles. The first-order valence-corrected chi connectivity index (χ1v) is 3.76. The molecule has 4 nitrogen and oxygen atoms in total. The molecule has 2 N–H and O–H groups in total. The van der Waals surface area contributed by atoms with Crippen LogP contribution in [0.4, 0.5) is 0 Å². The molecular weight excluding hydrogens is 156 g/mol. The standard InChI is InChI=1S/C8H12N2O2/c1-4(9)8(11)7-5(2)10-12-6(7)3/h4H,9H2,1-3H3. The fraction of sp³-hybridized carbons (Fsp3) is 0.500. The lowest BCUT2D eigenvalue weighted by atomic mass is 10.1. The number of aryl methyl sites for hydroxylation is 2. The Morgan fingerprint density at radius 2 is 2.17 bits per heavy atom. The first kappa shape index (κ1) is 8.93. The molecule has 1 atom stereocenters. The van der Waals surface area contributed by atoms with Crippen molar-refractivity contribution in [1.29, 1.82) is 0 Å². The van der Waals surface area contributed by atoms with Crippen molar-refractivity contribution >= 4 is 5.78 Å². The molecule has 0 saturated heterocycles. The maximum Gasteiger partial charge on any atom is 0.184 e. The zero-order chi connectivity index (χ0) is 9.30. The van der Waals surface area contributed by atoms with E-state index in [1.165, 1.54) is 0 Å². The molecule has 0 amide bonds. The van der Waals surface area contributed by atoms with Crippen LogP contribution in [0.5, 0.6) is 0 Å². The van der Waals surface area contributed by atoms with Gasteiger partial charge in [0, 0.05) is 0 Å². The van der Waals surface area contributed by atoms with Crippen LogP contribution in [-0.2, 0) is 0 Å². The highest BCUT2D eigenvalue weighted by molar-refractivity contribution is 6.01. The van der Waals surface area contributed by atoms with Crippen LogP contribution in [0.1, 0.15) is 28.7 Å². The second-order valence-electron chi connectivity index (χ2n) is 2.85. The van der Waals surface area contributed by atoms with Crippen molar-refractivity contribution in [2.24, 2.45) is 5.73 Å². The van der Waals surface area contributed by atoms with Gasteiger partial charge in [0.05, 0.1) is 17.3 Å². The van der Waals surface area contributed by atoms with Gasteiger partial charge in [-0.05, 0) is 20.8 Å². The van der Waals surface area contributed by atoms with E-state index in [1.807, 2.05) is 0 Å². The zero-order valence-electron chi connectivity index (χ0n) is 7.42. The molecule has 0 fully saturated rings. The molecule has 0 radical (unpaired) electrons. The van der Waals surface area contributed by atoms with E-state index in [0.717, 1.165) is 0 Å². The van der Waals surface area contributed by atoms with Crippen molar-refractivity contribution in [2.45, 2.75) is 26.8 Å². The third-order valence-electron chi connectivity index (χ3n) is 1.69. The number of nitrogens with zero attached hydrogens (tertiary/aromatic N) is 1. The summed E-state index contributed by atoms with van der Waals surface area (Å²) in [5.41, 5.74) is 6.57. The summed E-state index contributed by atoms with van der Waals surface area (Å²) >= 11 is 0. The van der Waals surface area contributed by atoms with Gasteiger partial charge in [0.1, 0.15) is 5.76 Å². The third kappa shape index (κ3) is 1.38. The van der Waals surface area contributed by atoms with Crippen LogP contribution in [0.3, 0.4) is 0 Å². The Bertz CT molecular complexity index is 283. The molecule has 1 rings (SSSR count). The molecule has 12 heavy (non-hydrogen) atoms. The minimum Gasteiger partial charge on any atom is -0.361 e. The number of nitrogens with two attached hydrogens (primary N) is 1. The topological polar surface area (TPSA) is 69.1 Å². The van der Waals surface area contributed by atoms with E-state index in [1.54, 1.807) is 20.8 Å². The number of aromatic nitrogens is 1. The van der Waals surface area contributed by atoms with Crippen LogP contribution < -0.4 is 5.73 Å². The predicted molar refractivity (Wildman–Crippen MR) is 44.0 cm³/mol. The quantitative estimate of drug-likeness (QED) is 0.664. The summed E-state index contributed by atoms with van der Waals surface area (Å²) < 4.78 is 4.84. The van der Waals surface area contributed by atoms with Crippen molar-refractivity contribution in [3.63, 3.8) is 0 Å². The van der Waals surface area contributed by atoms with Gasteiger partial charge in [-0.2, -0.15) is 0 Å². The van der Waals surface area contributed by atoms with E-state index < -0.39 is 6.04 Å². The van der Waals surface area contributed by atoms with E-state index >= 15 is 0 Å². The van der Waals surface area contributed by atoms with Gasteiger partial charge in [0.15, 0.2) is 5.78 Å². The van der Waals surface area contributed by atoms with Gasteiger partial charge in [-0.25, -0.2) is 0 Å². The molecule has 0 bridgehead atoms. The Balaban J connectivity index is 3.09. The van der Waals surface area contributed by atoms with E-state index in [0.29, 0.717) is 17.0 Å². The van der Waals surface area contributed by atoms with Gasteiger partial charge in [0.2, 0.25) is 0 Å². The normalized spacial score (nSPS) is 13.0. The number of carbonyl (C=O) groups excluding carboxylic acids is 1. The molecular formula is C8H12N2O2. The van der Waals surface area contributed by atoms with Gasteiger partial charge >= 0.3 is 0 Å². The van der Waals surface area contributed by atoms with Gasteiger partial charge in [-0.15, -0.1) is 0 Å². The smallest absolute Gasteiger partial charge is 0.184 e. The van der Waals surface area contributed by atoms with Gasteiger partial charge in [-0.1, -0.05) is 5.16 Å². The molecule has 1 aromatic rings. The van der Waals surface area contributed by atoms with Crippen molar-refractivity contribution in [1.82, 2.24) is 5.16 Å². The Hall–Kier alpha value is -1.16. The number of carbonyl (C=O) groups is 1. The number of ketones is 1. The Kier molecular flexibility index (Phi) is 2.28. The minimum absolute atomic E-state index is 0.119. The monoisotopic (exact) mass is 168 g/mol. The number of Topliss-reactive ketones (excluding diaryl/α,β-unsaturated/α-hetero) is 1. The lowest BCUT2D eigenvalue weighted by Crippen LogP contribution is -2.27. The maximum absolute atomic E-state index is 11.4. The van der Waals surface area contributed by atoms with E-state index in [9.17, 15) is 4.79 Å². The number of hydrogen-bond acceptors (Lipinski definition) is 4. The molecule has 0 aliphatic rings. The molecule has 4 heteroatoms. The SMILES string of the molecule is Cc1noc(C)c1C(=O)C(C)N. The highest BCUT2D eigenvalue weighted by Gasteiger charge is 2.19. The maximum atomic E-state index is 11.4. The first-order chi connectivity index (χ1) is 5.54. The van der Waals surface area contributed by atoms with E-state index in [2.05, 4.69) is 5.16 Å². The highest BCUT2D eigenvalue weighted by atomic mass is 16.5. The second-order valence-corrected chi connectivity index (χ2v) is 2.85. The summed E-state index contributed by atoms with van der Waals surface area (Å²) in [6.45, 7) is 5.08. The second kappa shape index (κ2) is 3.06. The average Bonchev–Trinajstić information content (AvgIpc) is 2.30. The van der Waals surface area contributed by atoms with Crippen molar-refractivity contribution < 1.29 is 9.32 Å². The van der Waals surface area contributed by atoms with Crippen molar-refractivity contribution in [2.75, 3.05) is 0 Å². The summed E-state index contributed by atoms with van der Waals surface area (Å²) in [5, 5.41) is 3.67. The van der Waals surface area contributed by atoms with Crippen LogP contribution in [0.25, 0.3) is 0 Å². The summed E-state index contributed by atoms with van der Waals surface area (Å²) in [7, 11) is 0. The Labute approximate surface area is 70.7 Å². The third-order valence-corrected chi connectivity index (χ3v) is 1.69. The molecule has 0 saturated carbocycles. The summed E-state index contributed by atoms with van der Waals surface area (Å²) in [4.78, 5) is 11.4. The predicted octanol–water partition coefficient (Wildman–Crippen LogP) is 0.821. The average molecular weight is 168 g/mol. The Morgan fingerprint density at radius 3 is 2.50 bits per heavy atom. The molecule has 66 valence electrons. The highest BCUT2D eigenvalue weighted by Crippen LogP contribution is 2.13. The number of hydrogen-bond donors (Lipinski definition) is 1. The van der Waals surface area contributed by atoms with Crippen molar-refractivity contribution in [3.8, 4) is 0 Å². The largest absolute Gasteiger partial charge is 0.361 e. The first-order valence-electron chi connectivity index (χ1n) is 3.76. The van der Waals surface area contributed by atoms with Gasteiger partial charge in [0.25, 0.3) is 0 Å². The lowest BCUT2D eigenvalue weighted by Gasteiger charge is -2.01. The fourth-order valence-electron chi connectivity index (χ4n) is 1.06. The van der Waals surface area contributed by atoms with Crippen LogP contribution in [0, 0.1) is 13.8 Å². The summed E-state index contributed by atoms with van der Waals surface area (Å²) in [6, 6.07) is -0.498. The number of rotatable bonds is 2. The van der Waals surface area contributed by atoms with Crippen LogP contribution >= 0.6 is 0 Å². The van der Waals surface area contributed by atoms with Gasteiger partial charge < -0.3 is 10.3 Å². The minimum atomic E-state index is -0.498. The van der Waals surface area contributed by atoms with E-state index in [4.69, 9.17) is 10.3 Å². The summed E-state index contributed by atoms with van der Waals surface area (Å²) in [6.07, 6.45) is 0. The van der Waals surface area contributed by atoms with Gasteiger partial charge in [-0.3, -0.25) is 4.79 Å². The fourth-order valence-corrected chi connectivity index (χ4v) is 1.06. The molecule has 1 heterocycles. The molecule has 1 aromatic heterocycles. The Morgan fingerprint density at radius 1 is 1.58 bits per heavy atom. The van der Waals surface area contributed by atoms with Crippen LogP contribution in [0.15, 0.2) is 4.52 Å². The van der Waals surface area contributed by atoms with Crippen LogP contribution in [0.2, 0.25) is 0 Å².